The molecule has 0 aliphatic heterocycles. The van der Waals surface area contributed by atoms with E-state index in [1.54, 1.807) is 39.8 Å². The molecule has 0 spiro atoms. The lowest BCUT2D eigenvalue weighted by Crippen LogP contribution is -2.35. The second kappa shape index (κ2) is 9.46. The Morgan fingerprint density at radius 1 is 1.16 bits per heavy atom. The minimum Gasteiger partial charge on any atom is -0.460 e. The van der Waals surface area contributed by atoms with E-state index in [0.717, 1.165) is 5.06 Å². The fourth-order valence-electron chi connectivity index (χ4n) is 2.58. The van der Waals surface area contributed by atoms with Crippen LogP contribution in [0.15, 0.2) is 28.8 Å². The maximum atomic E-state index is 12.6. The van der Waals surface area contributed by atoms with Gasteiger partial charge >= 0.3 is 18.0 Å². The lowest BCUT2D eigenvalue weighted by atomic mass is 10.1. The predicted molar refractivity (Wildman–Crippen MR) is 102 cm³/mol. The number of carbonyl (C=O) groups is 2. The zero-order chi connectivity index (χ0) is 23.4. The Morgan fingerprint density at radius 2 is 1.77 bits per heavy atom. The van der Waals surface area contributed by atoms with Crippen LogP contribution in [0.25, 0.3) is 11.4 Å². The summed E-state index contributed by atoms with van der Waals surface area (Å²) >= 11 is 0. The van der Waals surface area contributed by atoms with Crippen molar-refractivity contribution in [2.45, 2.75) is 52.4 Å². The van der Waals surface area contributed by atoms with Crippen molar-refractivity contribution in [2.24, 2.45) is 5.92 Å². The zero-order valence-corrected chi connectivity index (χ0v) is 17.8. The molecule has 0 radical (unpaired) electrons. The van der Waals surface area contributed by atoms with E-state index in [2.05, 4.69) is 14.7 Å². The molecule has 31 heavy (non-hydrogen) atoms. The molecule has 0 saturated carbocycles. The minimum atomic E-state index is -4.72. The van der Waals surface area contributed by atoms with Crippen LogP contribution >= 0.6 is 0 Å². The Balaban J connectivity index is 2.02. The molecule has 1 heterocycles. The summed E-state index contributed by atoms with van der Waals surface area (Å²) in [6.45, 7) is 6.87. The molecule has 0 aliphatic carbocycles. The first-order chi connectivity index (χ1) is 14.3. The number of hydroxylamine groups is 2. The lowest BCUT2D eigenvalue weighted by molar-refractivity contribution is -0.185. The van der Waals surface area contributed by atoms with E-state index in [1.165, 1.54) is 19.2 Å². The fourth-order valence-corrected chi connectivity index (χ4v) is 2.58. The van der Waals surface area contributed by atoms with Crippen LogP contribution in [0.3, 0.4) is 0 Å². The van der Waals surface area contributed by atoms with E-state index < -0.39 is 35.5 Å². The van der Waals surface area contributed by atoms with Gasteiger partial charge in [0, 0.05) is 11.5 Å². The van der Waals surface area contributed by atoms with Gasteiger partial charge in [-0.2, -0.15) is 18.2 Å². The van der Waals surface area contributed by atoms with E-state index in [9.17, 15) is 22.8 Å². The molecule has 11 heteroatoms. The second-order valence-corrected chi connectivity index (χ2v) is 7.87. The number of carbonyl (C=O) groups excluding carboxylic acids is 2. The highest BCUT2D eigenvalue weighted by Gasteiger charge is 2.38. The molecule has 1 unspecified atom stereocenters. The average molecular weight is 443 g/mol. The van der Waals surface area contributed by atoms with Gasteiger partial charge in [0.25, 0.3) is 0 Å². The van der Waals surface area contributed by atoms with Gasteiger partial charge in [-0.1, -0.05) is 36.3 Å². The number of nitrogens with zero attached hydrogens (tertiary/aromatic N) is 3. The van der Waals surface area contributed by atoms with Crippen LogP contribution in [-0.4, -0.2) is 39.8 Å². The Morgan fingerprint density at radius 3 is 2.26 bits per heavy atom. The minimum absolute atomic E-state index is 0.0638. The van der Waals surface area contributed by atoms with E-state index >= 15 is 0 Å². The maximum absolute atomic E-state index is 12.6. The third-order valence-corrected chi connectivity index (χ3v) is 3.99. The number of halogens is 3. The van der Waals surface area contributed by atoms with Crippen LogP contribution < -0.4 is 0 Å². The summed E-state index contributed by atoms with van der Waals surface area (Å²) in [5, 5.41) is 4.42. The second-order valence-electron chi connectivity index (χ2n) is 7.87. The summed E-state index contributed by atoms with van der Waals surface area (Å²) in [5.74, 6) is -3.21. The molecule has 1 amide bonds. The normalized spacial score (nSPS) is 13.0. The molecule has 1 aromatic carbocycles. The number of amides is 1. The molecule has 2 aromatic rings. The van der Waals surface area contributed by atoms with Crippen molar-refractivity contribution >= 4 is 11.9 Å². The van der Waals surface area contributed by atoms with Gasteiger partial charge in [0.15, 0.2) is 0 Å². The summed E-state index contributed by atoms with van der Waals surface area (Å²) < 4.78 is 47.2. The number of rotatable bonds is 7. The van der Waals surface area contributed by atoms with Crippen molar-refractivity contribution in [2.75, 3.05) is 7.11 Å². The number of benzene rings is 1. The topological polar surface area (TPSA) is 94.8 Å². The molecule has 8 nitrogen and oxygen atoms in total. The first kappa shape index (κ1) is 24.3. The summed E-state index contributed by atoms with van der Waals surface area (Å²) in [4.78, 5) is 33.0. The molecule has 0 fully saturated rings. The number of hydrogen-bond donors (Lipinski definition) is 0. The molecule has 1 atom stereocenters. The van der Waals surface area contributed by atoms with E-state index in [4.69, 9.17) is 9.57 Å². The predicted octanol–water partition coefficient (Wildman–Crippen LogP) is 4.01. The van der Waals surface area contributed by atoms with Gasteiger partial charge in [0.2, 0.25) is 11.7 Å². The molecular weight excluding hydrogens is 419 g/mol. The van der Waals surface area contributed by atoms with Gasteiger partial charge in [-0.15, -0.1) is 0 Å². The number of alkyl halides is 3. The zero-order valence-electron chi connectivity index (χ0n) is 17.8. The summed E-state index contributed by atoms with van der Waals surface area (Å²) in [5.41, 5.74) is 0.307. The summed E-state index contributed by atoms with van der Waals surface area (Å²) in [7, 11) is 1.32. The summed E-state index contributed by atoms with van der Waals surface area (Å²) in [6, 6.07) is 6.19. The van der Waals surface area contributed by atoms with Crippen LogP contribution in [-0.2, 0) is 31.9 Å². The Hall–Kier alpha value is -2.95. The van der Waals surface area contributed by atoms with Gasteiger partial charge in [0.05, 0.1) is 20.1 Å². The molecular formula is C20H24F3N3O5. The van der Waals surface area contributed by atoms with Crippen molar-refractivity contribution in [1.82, 2.24) is 15.2 Å². The number of aromatic nitrogens is 2. The highest BCUT2D eigenvalue weighted by Crippen LogP contribution is 2.29. The van der Waals surface area contributed by atoms with Crippen LogP contribution in [0.4, 0.5) is 13.2 Å². The van der Waals surface area contributed by atoms with Crippen molar-refractivity contribution in [3.05, 3.63) is 35.7 Å². The highest BCUT2D eigenvalue weighted by molar-refractivity contribution is 5.83. The number of hydrogen-bond acceptors (Lipinski definition) is 7. The van der Waals surface area contributed by atoms with E-state index in [-0.39, 0.29) is 18.8 Å². The highest BCUT2D eigenvalue weighted by atomic mass is 19.4. The third-order valence-electron chi connectivity index (χ3n) is 3.99. The van der Waals surface area contributed by atoms with Crippen LogP contribution in [0.2, 0.25) is 0 Å². The van der Waals surface area contributed by atoms with Crippen molar-refractivity contribution in [3.63, 3.8) is 0 Å². The standard InChI is InChI=1S/C20H24F3N3O5/c1-12(10-15(27)30-19(2,3)4)17(28)26(29-5)11-13-6-8-14(9-7-13)16-24-18(31-25-16)20(21,22)23/h6-9,12H,10-11H2,1-5H3. The van der Waals surface area contributed by atoms with E-state index in [1.807, 2.05) is 0 Å². The van der Waals surface area contributed by atoms with E-state index in [0.29, 0.717) is 11.1 Å². The van der Waals surface area contributed by atoms with Gasteiger partial charge < -0.3 is 9.26 Å². The smallest absolute Gasteiger partial charge is 0.460 e. The lowest BCUT2D eigenvalue weighted by Gasteiger charge is -2.24. The molecule has 2 rings (SSSR count). The Labute approximate surface area is 177 Å². The third kappa shape index (κ3) is 7.06. The molecule has 170 valence electrons. The van der Waals surface area contributed by atoms with Crippen LogP contribution in [0.5, 0.6) is 0 Å². The molecule has 0 aliphatic rings. The van der Waals surface area contributed by atoms with Crippen molar-refractivity contribution < 1.29 is 36.9 Å². The fraction of sp³-hybridized carbons (Fsp3) is 0.500. The molecule has 0 saturated heterocycles. The Bertz CT molecular complexity index is 904. The van der Waals surface area contributed by atoms with Crippen molar-refractivity contribution in [1.29, 1.82) is 0 Å². The molecule has 0 N–H and O–H groups in total. The molecule has 1 aromatic heterocycles. The van der Waals surface area contributed by atoms with Gasteiger partial charge in [0.1, 0.15) is 5.60 Å². The quantitative estimate of drug-likeness (QED) is 0.471. The number of esters is 1. The Kier molecular flexibility index (Phi) is 7.42. The summed E-state index contributed by atoms with van der Waals surface area (Å²) in [6.07, 6.45) is -4.82. The number of ether oxygens (including phenoxy) is 1. The monoisotopic (exact) mass is 443 g/mol. The van der Waals surface area contributed by atoms with Crippen LogP contribution in [0, 0.1) is 5.92 Å². The van der Waals surface area contributed by atoms with Crippen LogP contribution in [0.1, 0.15) is 45.6 Å². The largest absolute Gasteiger partial charge is 0.471 e. The van der Waals surface area contributed by atoms with Gasteiger partial charge in [-0.25, -0.2) is 5.06 Å². The maximum Gasteiger partial charge on any atom is 0.471 e. The first-order valence-electron chi connectivity index (χ1n) is 9.37. The SMILES string of the molecule is CON(Cc1ccc(-c2noc(C(F)(F)F)n2)cc1)C(=O)C(C)CC(=O)OC(C)(C)C. The van der Waals surface area contributed by atoms with Gasteiger partial charge in [-0.3, -0.25) is 14.4 Å². The van der Waals surface area contributed by atoms with Crippen molar-refractivity contribution in [3.8, 4) is 11.4 Å². The molecule has 0 bridgehead atoms. The average Bonchev–Trinajstić information content (AvgIpc) is 3.15. The van der Waals surface area contributed by atoms with Gasteiger partial charge in [-0.05, 0) is 26.3 Å². The first-order valence-corrected chi connectivity index (χ1v) is 9.37.